The van der Waals surface area contributed by atoms with Crippen molar-refractivity contribution in [3.05, 3.63) is 65.7 Å². The first-order valence-electron chi connectivity index (χ1n) is 9.34. The maximum atomic E-state index is 13.2. The van der Waals surface area contributed by atoms with Crippen molar-refractivity contribution in [2.75, 3.05) is 20.3 Å². The van der Waals surface area contributed by atoms with Crippen molar-refractivity contribution >= 4 is 17.8 Å². The molecule has 0 heterocycles. The van der Waals surface area contributed by atoms with E-state index in [9.17, 15) is 14.4 Å². The minimum Gasteiger partial charge on any atom is -0.497 e. The van der Waals surface area contributed by atoms with Crippen molar-refractivity contribution in [2.45, 2.75) is 19.9 Å². The lowest BCUT2D eigenvalue weighted by atomic mass is 9.86. The predicted octanol–water partition coefficient (Wildman–Crippen LogP) is 3.54. The fourth-order valence-corrected chi connectivity index (χ4v) is 2.88. The summed E-state index contributed by atoms with van der Waals surface area (Å²) in [6.07, 6.45) is -0.733. The molecule has 0 aliphatic rings. The monoisotopic (exact) mass is 399 g/mol. The van der Waals surface area contributed by atoms with Crippen LogP contribution in [0.2, 0.25) is 0 Å². The van der Waals surface area contributed by atoms with Gasteiger partial charge in [0.1, 0.15) is 11.7 Å². The second kappa shape index (κ2) is 10.8. The summed E-state index contributed by atoms with van der Waals surface area (Å²) in [5, 5.41) is 2.64. The summed E-state index contributed by atoms with van der Waals surface area (Å²) in [7, 11) is 1.53. The number of alkyl carbamates (subject to hydrolysis) is 1. The fraction of sp³-hybridized carbons (Fsp3) is 0.318. The van der Waals surface area contributed by atoms with Gasteiger partial charge in [-0.15, -0.1) is 0 Å². The summed E-state index contributed by atoms with van der Waals surface area (Å²) in [4.78, 5) is 38.2. The van der Waals surface area contributed by atoms with Gasteiger partial charge in [-0.3, -0.25) is 9.59 Å². The highest BCUT2D eigenvalue weighted by Crippen LogP contribution is 2.28. The molecule has 0 unspecified atom stereocenters. The first kappa shape index (κ1) is 21.9. The van der Waals surface area contributed by atoms with Gasteiger partial charge in [-0.25, -0.2) is 4.79 Å². The van der Waals surface area contributed by atoms with Crippen LogP contribution in [0.3, 0.4) is 0 Å². The van der Waals surface area contributed by atoms with Crippen molar-refractivity contribution in [1.29, 1.82) is 0 Å². The highest BCUT2D eigenvalue weighted by atomic mass is 16.5. The number of rotatable bonds is 9. The molecule has 2 aromatic carbocycles. The fourth-order valence-electron chi connectivity index (χ4n) is 2.88. The van der Waals surface area contributed by atoms with Crippen LogP contribution in [0.5, 0.6) is 5.75 Å². The van der Waals surface area contributed by atoms with Gasteiger partial charge in [-0.1, -0.05) is 42.5 Å². The molecule has 1 N–H and O–H groups in total. The van der Waals surface area contributed by atoms with Gasteiger partial charge in [-0.05, 0) is 31.5 Å². The van der Waals surface area contributed by atoms with E-state index in [0.29, 0.717) is 16.9 Å². The maximum absolute atomic E-state index is 13.2. The van der Waals surface area contributed by atoms with Gasteiger partial charge in [0, 0.05) is 5.56 Å². The molecule has 2 atom stereocenters. The number of Topliss-reactive ketones (excluding diaryl/α,β-unsaturated/α-hetero) is 1. The number of carbonyl (C=O) groups is 3. The van der Waals surface area contributed by atoms with Crippen LogP contribution in [-0.4, -0.2) is 38.2 Å². The Labute approximate surface area is 170 Å². The Balaban J connectivity index is 2.50. The average molecular weight is 399 g/mol. The molecule has 0 aliphatic heterocycles. The van der Waals surface area contributed by atoms with Gasteiger partial charge in [0.05, 0.1) is 26.4 Å². The lowest BCUT2D eigenvalue weighted by Crippen LogP contribution is -2.41. The second-order valence-corrected chi connectivity index (χ2v) is 6.08. The van der Waals surface area contributed by atoms with Crippen LogP contribution in [0, 0.1) is 5.92 Å². The third-order valence-corrected chi connectivity index (χ3v) is 4.24. The molecule has 0 bridgehead atoms. The Morgan fingerprint density at radius 3 is 2.07 bits per heavy atom. The number of hydrogen-bond acceptors (Lipinski definition) is 6. The van der Waals surface area contributed by atoms with E-state index in [4.69, 9.17) is 14.2 Å². The number of ketones is 1. The van der Waals surface area contributed by atoms with Gasteiger partial charge in [0.25, 0.3) is 0 Å². The SMILES string of the molecule is CCOC(=O)N[C@@H](c1ccc(OC)cc1)[C@@H](C(=O)OCC)C(=O)c1ccccc1. The molecular formula is C22H25NO6. The number of amides is 1. The number of hydrogen-bond donors (Lipinski definition) is 1. The largest absolute Gasteiger partial charge is 0.497 e. The molecule has 2 aromatic rings. The molecule has 0 radical (unpaired) electrons. The summed E-state index contributed by atoms with van der Waals surface area (Å²) in [5.74, 6) is -1.86. The van der Waals surface area contributed by atoms with Gasteiger partial charge in [0.2, 0.25) is 0 Å². The number of methoxy groups -OCH3 is 1. The van der Waals surface area contributed by atoms with E-state index in [-0.39, 0.29) is 13.2 Å². The zero-order valence-corrected chi connectivity index (χ0v) is 16.7. The summed E-state index contributed by atoms with van der Waals surface area (Å²) in [6.45, 7) is 3.58. The first-order chi connectivity index (χ1) is 14.0. The smallest absolute Gasteiger partial charge is 0.407 e. The van der Waals surface area contributed by atoms with E-state index in [1.165, 1.54) is 7.11 Å². The molecule has 0 saturated carbocycles. The number of nitrogens with one attached hydrogen (secondary N) is 1. The predicted molar refractivity (Wildman–Crippen MR) is 107 cm³/mol. The zero-order valence-electron chi connectivity index (χ0n) is 16.7. The van der Waals surface area contributed by atoms with Gasteiger partial charge < -0.3 is 19.5 Å². The number of benzene rings is 2. The third kappa shape index (κ3) is 5.81. The van der Waals surface area contributed by atoms with Crippen molar-refractivity contribution < 1.29 is 28.6 Å². The van der Waals surface area contributed by atoms with Crippen molar-refractivity contribution in [3.63, 3.8) is 0 Å². The molecule has 0 aromatic heterocycles. The van der Waals surface area contributed by atoms with Crippen LogP contribution >= 0.6 is 0 Å². The van der Waals surface area contributed by atoms with Crippen LogP contribution in [0.25, 0.3) is 0 Å². The molecule has 2 rings (SSSR count). The first-order valence-corrected chi connectivity index (χ1v) is 9.34. The van der Waals surface area contributed by atoms with E-state index >= 15 is 0 Å². The molecule has 154 valence electrons. The van der Waals surface area contributed by atoms with Gasteiger partial charge in [0.15, 0.2) is 5.78 Å². The highest BCUT2D eigenvalue weighted by molar-refractivity contribution is 6.09. The quantitative estimate of drug-likeness (QED) is 0.394. The Kier molecular flexibility index (Phi) is 8.21. The zero-order chi connectivity index (χ0) is 21.2. The van der Waals surface area contributed by atoms with Crippen molar-refractivity contribution in [2.24, 2.45) is 5.92 Å². The van der Waals surface area contributed by atoms with E-state index in [1.54, 1.807) is 68.4 Å². The van der Waals surface area contributed by atoms with E-state index in [0.717, 1.165) is 0 Å². The molecule has 7 nitrogen and oxygen atoms in total. The van der Waals surface area contributed by atoms with Gasteiger partial charge in [-0.2, -0.15) is 0 Å². The Morgan fingerprint density at radius 1 is 0.897 bits per heavy atom. The summed E-state index contributed by atoms with van der Waals surface area (Å²) in [6, 6.07) is 14.2. The average Bonchev–Trinajstić information content (AvgIpc) is 2.74. The Morgan fingerprint density at radius 2 is 1.52 bits per heavy atom. The van der Waals surface area contributed by atoms with E-state index in [1.807, 2.05) is 0 Å². The minimum absolute atomic E-state index is 0.103. The summed E-state index contributed by atoms with van der Waals surface area (Å²) < 4.78 is 15.3. The number of ether oxygens (including phenoxy) is 3. The van der Waals surface area contributed by atoms with Crippen molar-refractivity contribution in [3.8, 4) is 5.75 Å². The number of esters is 1. The lowest BCUT2D eigenvalue weighted by Gasteiger charge is -2.26. The Bertz CT molecular complexity index is 819. The molecular weight excluding hydrogens is 374 g/mol. The lowest BCUT2D eigenvalue weighted by molar-refractivity contribution is -0.147. The van der Waals surface area contributed by atoms with Gasteiger partial charge >= 0.3 is 12.1 Å². The maximum Gasteiger partial charge on any atom is 0.407 e. The molecule has 0 aliphatic carbocycles. The highest BCUT2D eigenvalue weighted by Gasteiger charge is 2.39. The number of carbonyl (C=O) groups excluding carboxylic acids is 3. The standard InChI is InChI=1S/C22H25NO6/c1-4-28-21(25)18(20(24)16-9-7-6-8-10-16)19(23-22(26)29-5-2)15-11-13-17(27-3)14-12-15/h6-14,18-19H,4-5H2,1-3H3,(H,23,26)/t18-,19+/m1/s1. The summed E-state index contributed by atoms with van der Waals surface area (Å²) >= 11 is 0. The third-order valence-electron chi connectivity index (χ3n) is 4.24. The Hall–Kier alpha value is -3.35. The van der Waals surface area contributed by atoms with E-state index in [2.05, 4.69) is 5.32 Å². The van der Waals surface area contributed by atoms with Crippen LogP contribution in [0.4, 0.5) is 4.79 Å². The summed E-state index contributed by atoms with van der Waals surface area (Å²) in [5.41, 5.74) is 0.885. The van der Waals surface area contributed by atoms with Crippen LogP contribution in [0.15, 0.2) is 54.6 Å². The molecule has 0 spiro atoms. The molecule has 0 saturated heterocycles. The normalized spacial score (nSPS) is 12.4. The minimum atomic E-state index is -1.28. The second-order valence-electron chi connectivity index (χ2n) is 6.08. The molecule has 7 heteroatoms. The topological polar surface area (TPSA) is 90.9 Å². The van der Waals surface area contributed by atoms with Crippen LogP contribution < -0.4 is 10.1 Å². The molecule has 1 amide bonds. The molecule has 0 fully saturated rings. The van der Waals surface area contributed by atoms with E-state index < -0.39 is 29.8 Å². The van der Waals surface area contributed by atoms with Crippen molar-refractivity contribution in [1.82, 2.24) is 5.32 Å². The molecule has 29 heavy (non-hydrogen) atoms. The van der Waals surface area contributed by atoms with Crippen LogP contribution in [-0.2, 0) is 14.3 Å². The van der Waals surface area contributed by atoms with Crippen LogP contribution in [0.1, 0.15) is 35.8 Å².